The van der Waals surface area contributed by atoms with E-state index in [9.17, 15) is 0 Å². The Bertz CT molecular complexity index is 760. The minimum absolute atomic E-state index is 0.368. The van der Waals surface area contributed by atoms with Gasteiger partial charge in [0.05, 0.1) is 15.1 Å². The number of halogens is 3. The zero-order chi connectivity index (χ0) is 17.1. The Morgan fingerprint density at radius 3 is 2.38 bits per heavy atom. The highest BCUT2D eigenvalue weighted by atomic mass is 35.5. The number of ether oxygens (including phenoxy) is 1. The highest BCUT2D eigenvalue weighted by Gasteiger charge is 2.17. The molecular formula is C18H16Cl3NOS. The Morgan fingerprint density at radius 1 is 0.958 bits per heavy atom. The van der Waals surface area contributed by atoms with Gasteiger partial charge in [-0.05, 0) is 48.7 Å². The molecule has 0 saturated carbocycles. The molecule has 0 unspecified atom stereocenters. The first-order valence-corrected chi connectivity index (χ1v) is 9.24. The van der Waals surface area contributed by atoms with Crippen LogP contribution < -0.4 is 4.74 Å². The van der Waals surface area contributed by atoms with Gasteiger partial charge in [-0.15, -0.1) is 0 Å². The minimum Gasteiger partial charge on any atom is -0.487 e. The molecule has 0 bridgehead atoms. The van der Waals surface area contributed by atoms with Crippen molar-refractivity contribution < 1.29 is 4.74 Å². The molecule has 2 aromatic rings. The maximum absolute atomic E-state index is 6.35. The zero-order valence-corrected chi connectivity index (χ0v) is 16.0. The summed E-state index contributed by atoms with van der Waals surface area (Å²) in [6.45, 7) is 2.41. The van der Waals surface area contributed by atoms with Gasteiger partial charge in [-0.25, -0.2) is 0 Å². The first-order chi connectivity index (χ1) is 11.5. The minimum atomic E-state index is 0.368. The summed E-state index contributed by atoms with van der Waals surface area (Å²) in [7, 11) is 0. The van der Waals surface area contributed by atoms with E-state index in [1.165, 1.54) is 12.8 Å². The number of rotatable bonds is 4. The quantitative estimate of drug-likeness (QED) is 0.584. The van der Waals surface area contributed by atoms with Crippen LogP contribution in [-0.2, 0) is 6.61 Å². The van der Waals surface area contributed by atoms with E-state index in [-0.39, 0.29) is 0 Å². The molecule has 6 heteroatoms. The van der Waals surface area contributed by atoms with E-state index in [2.05, 4.69) is 4.90 Å². The number of hydrogen-bond donors (Lipinski definition) is 0. The summed E-state index contributed by atoms with van der Waals surface area (Å²) < 4.78 is 5.79. The van der Waals surface area contributed by atoms with Crippen LogP contribution in [0.4, 0.5) is 0 Å². The second-order valence-electron chi connectivity index (χ2n) is 5.68. The summed E-state index contributed by atoms with van der Waals surface area (Å²) >= 11 is 23.8. The summed E-state index contributed by atoms with van der Waals surface area (Å²) in [5.74, 6) is 0.621. The van der Waals surface area contributed by atoms with Crippen molar-refractivity contribution in [1.29, 1.82) is 0 Å². The first kappa shape index (κ1) is 17.8. The maximum atomic E-state index is 6.35. The van der Waals surface area contributed by atoms with E-state index < -0.39 is 0 Å². The van der Waals surface area contributed by atoms with Crippen LogP contribution in [0.25, 0.3) is 0 Å². The smallest absolute Gasteiger partial charge is 0.138 e. The Balaban J connectivity index is 1.68. The molecule has 1 aliphatic heterocycles. The summed E-state index contributed by atoms with van der Waals surface area (Å²) in [4.78, 5) is 3.07. The molecule has 0 aromatic heterocycles. The third kappa shape index (κ3) is 4.15. The van der Waals surface area contributed by atoms with Gasteiger partial charge in [0.2, 0.25) is 0 Å². The van der Waals surface area contributed by atoms with Gasteiger partial charge in [-0.1, -0.05) is 53.1 Å². The molecule has 24 heavy (non-hydrogen) atoms. The van der Waals surface area contributed by atoms with Gasteiger partial charge in [0.1, 0.15) is 17.3 Å². The average molecular weight is 401 g/mol. The lowest BCUT2D eigenvalue weighted by molar-refractivity contribution is 0.306. The van der Waals surface area contributed by atoms with Gasteiger partial charge < -0.3 is 9.64 Å². The Kier molecular flexibility index (Phi) is 5.88. The predicted octanol–water partition coefficient (Wildman–Crippen LogP) is 6.00. The van der Waals surface area contributed by atoms with E-state index in [0.29, 0.717) is 27.4 Å². The Hall–Kier alpha value is -1.00. The molecule has 1 heterocycles. The second-order valence-corrected chi connectivity index (χ2v) is 7.29. The molecule has 2 aromatic carbocycles. The van der Waals surface area contributed by atoms with Crippen LogP contribution in [0.15, 0.2) is 36.4 Å². The highest BCUT2D eigenvalue weighted by molar-refractivity contribution is 7.80. The molecule has 0 aliphatic carbocycles. The van der Waals surface area contributed by atoms with E-state index in [4.69, 9.17) is 51.8 Å². The fraction of sp³-hybridized carbons (Fsp3) is 0.278. The van der Waals surface area contributed by atoms with Crippen LogP contribution in [0.2, 0.25) is 15.1 Å². The van der Waals surface area contributed by atoms with Gasteiger partial charge >= 0.3 is 0 Å². The molecule has 2 nitrogen and oxygen atoms in total. The molecule has 0 atom stereocenters. The first-order valence-electron chi connectivity index (χ1n) is 7.70. The molecule has 1 saturated heterocycles. The largest absolute Gasteiger partial charge is 0.487 e. The molecule has 126 valence electrons. The van der Waals surface area contributed by atoms with E-state index in [1.807, 2.05) is 24.3 Å². The third-order valence-electron chi connectivity index (χ3n) is 3.95. The maximum Gasteiger partial charge on any atom is 0.138 e. The fourth-order valence-corrected chi connectivity index (χ4v) is 3.51. The standard InChI is InChI=1S/C18H16Cl3NOS/c19-14-5-3-12(9-15(14)20)11-23-17-6-4-13(10-16(17)21)18(24)22-7-1-2-8-22/h3-6,9-10H,1-2,7-8,11H2. The van der Waals surface area contributed by atoms with Crippen molar-refractivity contribution >= 4 is 52.0 Å². The average Bonchev–Trinajstić information content (AvgIpc) is 3.10. The normalized spacial score (nSPS) is 14.0. The van der Waals surface area contributed by atoms with Crippen molar-refractivity contribution in [3.05, 3.63) is 62.6 Å². The van der Waals surface area contributed by atoms with Gasteiger partial charge in [-0.2, -0.15) is 0 Å². The van der Waals surface area contributed by atoms with Crippen molar-refractivity contribution in [3.8, 4) is 5.75 Å². The summed E-state index contributed by atoms with van der Waals surface area (Å²) in [6.07, 6.45) is 2.39. The summed E-state index contributed by atoms with van der Waals surface area (Å²) in [5, 5.41) is 1.59. The fourth-order valence-electron chi connectivity index (χ4n) is 2.64. The van der Waals surface area contributed by atoms with Crippen LogP contribution in [0.1, 0.15) is 24.0 Å². The molecule has 1 fully saturated rings. The van der Waals surface area contributed by atoms with Crippen molar-refractivity contribution in [2.45, 2.75) is 19.4 Å². The van der Waals surface area contributed by atoms with Crippen molar-refractivity contribution in [3.63, 3.8) is 0 Å². The number of benzene rings is 2. The van der Waals surface area contributed by atoms with Gasteiger partial charge in [0, 0.05) is 18.7 Å². The molecule has 3 rings (SSSR count). The highest BCUT2D eigenvalue weighted by Crippen LogP contribution is 2.29. The number of thiocarbonyl (C=S) groups is 1. The van der Waals surface area contributed by atoms with Crippen LogP contribution in [0.5, 0.6) is 5.75 Å². The molecule has 0 amide bonds. The lowest BCUT2D eigenvalue weighted by atomic mass is 10.2. The van der Waals surface area contributed by atoms with E-state index >= 15 is 0 Å². The zero-order valence-electron chi connectivity index (χ0n) is 12.9. The summed E-state index contributed by atoms with van der Waals surface area (Å²) in [6, 6.07) is 11.1. The lowest BCUT2D eigenvalue weighted by Gasteiger charge is -2.19. The molecule has 0 N–H and O–H groups in total. The predicted molar refractivity (Wildman–Crippen MR) is 105 cm³/mol. The van der Waals surface area contributed by atoms with Crippen LogP contribution in [-0.4, -0.2) is 23.0 Å². The third-order valence-corrected chi connectivity index (χ3v) is 5.48. The van der Waals surface area contributed by atoms with E-state index in [1.54, 1.807) is 12.1 Å². The van der Waals surface area contributed by atoms with Gasteiger partial charge in [0.25, 0.3) is 0 Å². The SMILES string of the molecule is S=C(c1ccc(OCc2ccc(Cl)c(Cl)c2)c(Cl)c1)N1CCCC1. The topological polar surface area (TPSA) is 12.5 Å². The molecule has 0 spiro atoms. The number of nitrogens with zero attached hydrogens (tertiary/aromatic N) is 1. The van der Waals surface area contributed by atoms with Gasteiger partial charge in [-0.3, -0.25) is 0 Å². The molecule has 0 radical (unpaired) electrons. The summed E-state index contributed by atoms with van der Waals surface area (Å²) in [5.41, 5.74) is 1.89. The monoisotopic (exact) mass is 399 g/mol. The number of hydrogen-bond acceptors (Lipinski definition) is 2. The van der Waals surface area contributed by atoms with E-state index in [0.717, 1.165) is 29.2 Å². The molecular weight excluding hydrogens is 385 g/mol. The Labute approximate surface area is 162 Å². The van der Waals surface area contributed by atoms with Crippen LogP contribution in [0, 0.1) is 0 Å². The van der Waals surface area contributed by atoms with Crippen molar-refractivity contribution in [2.24, 2.45) is 0 Å². The lowest BCUT2D eigenvalue weighted by Crippen LogP contribution is -2.26. The van der Waals surface area contributed by atoms with Gasteiger partial charge in [0.15, 0.2) is 0 Å². The second kappa shape index (κ2) is 7.92. The Morgan fingerprint density at radius 2 is 1.71 bits per heavy atom. The van der Waals surface area contributed by atoms with Crippen LogP contribution >= 0.6 is 47.0 Å². The van der Waals surface area contributed by atoms with Crippen molar-refractivity contribution in [1.82, 2.24) is 4.90 Å². The number of likely N-dealkylation sites (tertiary alicyclic amines) is 1. The van der Waals surface area contributed by atoms with Crippen LogP contribution in [0.3, 0.4) is 0 Å². The van der Waals surface area contributed by atoms with Crippen molar-refractivity contribution in [2.75, 3.05) is 13.1 Å². The molecule has 1 aliphatic rings.